The molecule has 0 saturated carbocycles. The minimum atomic E-state index is -3.75. The van der Waals surface area contributed by atoms with Gasteiger partial charge >= 0.3 is 0 Å². The van der Waals surface area contributed by atoms with Crippen LogP contribution in [0.1, 0.15) is 6.92 Å². The Balaban J connectivity index is 2.83. The monoisotopic (exact) mass is 292 g/mol. The van der Waals surface area contributed by atoms with Gasteiger partial charge in [-0.05, 0) is 36.1 Å². The first-order valence-corrected chi connectivity index (χ1v) is 8.28. The molecule has 0 fully saturated rings. The summed E-state index contributed by atoms with van der Waals surface area (Å²) in [4.78, 5) is -0.209. The second-order valence-corrected chi connectivity index (χ2v) is 6.74. The van der Waals surface area contributed by atoms with E-state index >= 15 is 0 Å². The summed E-state index contributed by atoms with van der Waals surface area (Å²) in [5, 5.41) is 0. The summed E-state index contributed by atoms with van der Waals surface area (Å²) >= 11 is 1.64. The van der Waals surface area contributed by atoms with E-state index in [4.69, 9.17) is 5.73 Å². The molecule has 0 aliphatic rings. The third kappa shape index (κ3) is 4.15. The molecule has 18 heavy (non-hydrogen) atoms. The second kappa shape index (κ2) is 6.40. The van der Waals surface area contributed by atoms with Crippen molar-refractivity contribution in [3.05, 3.63) is 24.0 Å². The standard InChI is InChI=1S/C11H17FN2O2S2/c1-8(7-17-2)6-14-18(15,16)11-5-9(12)3-4-10(11)13/h3-5,8,14H,6-7,13H2,1-2H3. The molecule has 102 valence electrons. The van der Waals surface area contributed by atoms with Gasteiger partial charge in [-0.3, -0.25) is 0 Å². The van der Waals surface area contributed by atoms with E-state index in [1.807, 2.05) is 13.2 Å². The molecule has 1 unspecified atom stereocenters. The highest BCUT2D eigenvalue weighted by Crippen LogP contribution is 2.19. The number of anilines is 1. The van der Waals surface area contributed by atoms with Crippen LogP contribution in [-0.2, 0) is 10.0 Å². The van der Waals surface area contributed by atoms with Gasteiger partial charge in [0.1, 0.15) is 10.7 Å². The fourth-order valence-corrected chi connectivity index (χ4v) is 3.41. The molecule has 0 bridgehead atoms. The molecule has 0 aliphatic heterocycles. The highest BCUT2D eigenvalue weighted by molar-refractivity contribution is 7.98. The predicted molar refractivity (Wildman–Crippen MR) is 73.5 cm³/mol. The number of nitrogens with one attached hydrogen (secondary N) is 1. The quantitative estimate of drug-likeness (QED) is 0.783. The van der Waals surface area contributed by atoms with Crippen molar-refractivity contribution in [1.82, 2.24) is 4.72 Å². The number of sulfonamides is 1. The molecule has 0 aromatic heterocycles. The first-order chi connectivity index (χ1) is 8.36. The number of halogens is 1. The molecule has 4 nitrogen and oxygen atoms in total. The molecular weight excluding hydrogens is 275 g/mol. The zero-order valence-electron chi connectivity index (χ0n) is 10.3. The van der Waals surface area contributed by atoms with Crippen LogP contribution in [0.2, 0.25) is 0 Å². The molecule has 7 heteroatoms. The fourth-order valence-electron chi connectivity index (χ4n) is 1.41. The van der Waals surface area contributed by atoms with Crippen LogP contribution < -0.4 is 10.5 Å². The zero-order chi connectivity index (χ0) is 13.8. The van der Waals surface area contributed by atoms with Gasteiger partial charge < -0.3 is 5.73 Å². The van der Waals surface area contributed by atoms with Crippen LogP contribution in [0.25, 0.3) is 0 Å². The number of thioether (sulfide) groups is 1. The van der Waals surface area contributed by atoms with Crippen LogP contribution in [-0.4, -0.2) is 27.0 Å². The van der Waals surface area contributed by atoms with Gasteiger partial charge in [0.15, 0.2) is 0 Å². The molecular formula is C11H17FN2O2S2. The number of hydrogen-bond acceptors (Lipinski definition) is 4. The normalized spacial score (nSPS) is 13.5. The SMILES string of the molecule is CSCC(C)CNS(=O)(=O)c1cc(F)ccc1N. The molecule has 0 spiro atoms. The van der Waals surface area contributed by atoms with Gasteiger partial charge in [-0.2, -0.15) is 11.8 Å². The summed E-state index contributed by atoms with van der Waals surface area (Å²) in [6, 6.07) is 3.30. The summed E-state index contributed by atoms with van der Waals surface area (Å²) in [5.41, 5.74) is 5.59. The molecule has 0 saturated heterocycles. The Hall–Kier alpha value is -0.790. The van der Waals surface area contributed by atoms with Crippen molar-refractivity contribution in [2.45, 2.75) is 11.8 Å². The average Bonchev–Trinajstić information content (AvgIpc) is 2.30. The average molecular weight is 292 g/mol. The van der Waals surface area contributed by atoms with E-state index < -0.39 is 15.8 Å². The van der Waals surface area contributed by atoms with E-state index in [-0.39, 0.29) is 16.5 Å². The molecule has 0 heterocycles. The maximum Gasteiger partial charge on any atom is 0.242 e. The minimum absolute atomic E-state index is 0.0430. The lowest BCUT2D eigenvalue weighted by atomic mass is 10.2. The van der Waals surface area contributed by atoms with Crippen molar-refractivity contribution < 1.29 is 12.8 Å². The first-order valence-electron chi connectivity index (χ1n) is 5.40. The van der Waals surface area contributed by atoms with Gasteiger partial charge in [-0.1, -0.05) is 6.92 Å². The number of rotatable bonds is 6. The Kier molecular flexibility index (Phi) is 5.43. The third-order valence-corrected chi connectivity index (χ3v) is 4.72. The Labute approximate surface area is 111 Å². The number of benzene rings is 1. The smallest absolute Gasteiger partial charge is 0.242 e. The molecule has 0 amide bonds. The Bertz CT molecular complexity index is 506. The van der Waals surface area contributed by atoms with Gasteiger partial charge in [0, 0.05) is 6.54 Å². The fraction of sp³-hybridized carbons (Fsp3) is 0.455. The van der Waals surface area contributed by atoms with Gasteiger partial charge in [-0.15, -0.1) is 0 Å². The molecule has 0 radical (unpaired) electrons. The Morgan fingerprint density at radius 2 is 2.17 bits per heavy atom. The van der Waals surface area contributed by atoms with Gasteiger partial charge in [0.05, 0.1) is 5.69 Å². The lowest BCUT2D eigenvalue weighted by molar-refractivity contribution is 0.560. The van der Waals surface area contributed by atoms with Crippen LogP contribution >= 0.6 is 11.8 Å². The van der Waals surface area contributed by atoms with Crippen LogP contribution in [0, 0.1) is 11.7 Å². The van der Waals surface area contributed by atoms with E-state index in [1.165, 1.54) is 6.07 Å². The third-order valence-electron chi connectivity index (χ3n) is 2.34. The van der Waals surface area contributed by atoms with Gasteiger partial charge in [-0.25, -0.2) is 17.5 Å². The maximum atomic E-state index is 13.0. The first kappa shape index (κ1) is 15.3. The van der Waals surface area contributed by atoms with E-state index in [2.05, 4.69) is 4.72 Å². The number of hydrogen-bond donors (Lipinski definition) is 2. The summed E-state index contributed by atoms with van der Waals surface area (Å²) < 4.78 is 39.4. The highest BCUT2D eigenvalue weighted by Gasteiger charge is 2.18. The second-order valence-electron chi connectivity index (χ2n) is 4.09. The van der Waals surface area contributed by atoms with E-state index in [9.17, 15) is 12.8 Å². The minimum Gasteiger partial charge on any atom is -0.398 e. The lowest BCUT2D eigenvalue weighted by Gasteiger charge is -2.13. The van der Waals surface area contributed by atoms with Crippen LogP contribution in [0.3, 0.4) is 0 Å². The van der Waals surface area contributed by atoms with E-state index in [0.717, 1.165) is 17.9 Å². The Morgan fingerprint density at radius 3 is 2.78 bits per heavy atom. The van der Waals surface area contributed by atoms with E-state index in [1.54, 1.807) is 11.8 Å². The zero-order valence-corrected chi connectivity index (χ0v) is 11.9. The largest absolute Gasteiger partial charge is 0.398 e. The highest BCUT2D eigenvalue weighted by atomic mass is 32.2. The summed E-state index contributed by atoms with van der Waals surface area (Å²) in [7, 11) is -3.75. The molecule has 3 N–H and O–H groups in total. The number of nitrogens with two attached hydrogens (primary N) is 1. The van der Waals surface area contributed by atoms with Crippen molar-refractivity contribution in [1.29, 1.82) is 0 Å². The molecule has 1 aromatic rings. The number of nitrogen functional groups attached to an aromatic ring is 1. The molecule has 1 rings (SSSR count). The lowest BCUT2D eigenvalue weighted by Crippen LogP contribution is -2.29. The van der Waals surface area contributed by atoms with Crippen molar-refractivity contribution in [2.75, 3.05) is 24.3 Å². The van der Waals surface area contributed by atoms with Crippen molar-refractivity contribution in [3.63, 3.8) is 0 Å². The summed E-state index contributed by atoms with van der Waals surface area (Å²) in [6.07, 6.45) is 1.95. The van der Waals surface area contributed by atoms with Crippen molar-refractivity contribution in [2.24, 2.45) is 5.92 Å². The molecule has 1 aromatic carbocycles. The van der Waals surface area contributed by atoms with Crippen LogP contribution in [0.15, 0.2) is 23.1 Å². The van der Waals surface area contributed by atoms with Crippen LogP contribution in [0.5, 0.6) is 0 Å². The maximum absolute atomic E-state index is 13.0. The van der Waals surface area contributed by atoms with Gasteiger partial charge in [0.2, 0.25) is 10.0 Å². The van der Waals surface area contributed by atoms with Crippen molar-refractivity contribution >= 4 is 27.5 Å². The topological polar surface area (TPSA) is 72.2 Å². The predicted octanol–water partition coefficient (Wildman–Crippen LogP) is 1.69. The summed E-state index contributed by atoms with van der Waals surface area (Å²) in [5.74, 6) is 0.424. The Morgan fingerprint density at radius 1 is 1.50 bits per heavy atom. The molecule has 1 atom stereocenters. The van der Waals surface area contributed by atoms with Gasteiger partial charge in [0.25, 0.3) is 0 Å². The molecule has 0 aliphatic carbocycles. The van der Waals surface area contributed by atoms with Crippen molar-refractivity contribution in [3.8, 4) is 0 Å². The van der Waals surface area contributed by atoms with E-state index in [0.29, 0.717) is 6.54 Å². The van der Waals surface area contributed by atoms with Crippen LogP contribution in [0.4, 0.5) is 10.1 Å². The summed E-state index contributed by atoms with van der Waals surface area (Å²) in [6.45, 7) is 2.24.